The molecule has 0 aliphatic rings. The van der Waals surface area contributed by atoms with Gasteiger partial charge in [-0.25, -0.2) is 4.57 Å². The zero-order valence-electron chi connectivity index (χ0n) is 16.1. The van der Waals surface area contributed by atoms with Gasteiger partial charge in [0, 0.05) is 10.2 Å². The maximum Gasteiger partial charge on any atom is 0.267 e. The summed E-state index contributed by atoms with van der Waals surface area (Å²) in [7, 11) is 0. The van der Waals surface area contributed by atoms with Crippen LogP contribution in [-0.4, -0.2) is 19.2 Å². The van der Waals surface area contributed by atoms with E-state index in [9.17, 15) is 4.79 Å². The number of fused-ring (bicyclic) bond motifs is 3. The summed E-state index contributed by atoms with van der Waals surface area (Å²) in [6.07, 6.45) is 0. The van der Waals surface area contributed by atoms with Gasteiger partial charge in [-0.3, -0.25) is 9.20 Å². The number of aryl methyl sites for hydroxylation is 1. The molecule has 7 heteroatoms. The lowest BCUT2D eigenvalue weighted by molar-refractivity contribution is 0.930. The van der Waals surface area contributed by atoms with Crippen LogP contribution in [0.1, 0.15) is 11.1 Å². The van der Waals surface area contributed by atoms with E-state index in [4.69, 9.17) is 0 Å². The summed E-state index contributed by atoms with van der Waals surface area (Å²) in [4.78, 5) is 13.3. The average molecular weight is 477 g/mol. The lowest BCUT2D eigenvalue weighted by Crippen LogP contribution is -2.21. The van der Waals surface area contributed by atoms with Crippen LogP contribution in [-0.2, 0) is 5.75 Å². The third kappa shape index (κ3) is 3.24. The molecular weight excluding hydrogens is 460 g/mol. The molecule has 5 aromatic rings. The Balaban J connectivity index is 1.72. The minimum Gasteiger partial charge on any atom is -0.268 e. The molecule has 0 unspecified atom stereocenters. The Hall–Kier alpha value is -2.90. The van der Waals surface area contributed by atoms with Gasteiger partial charge in [-0.05, 0) is 42.8 Å². The van der Waals surface area contributed by atoms with Crippen molar-refractivity contribution >= 4 is 44.4 Å². The van der Waals surface area contributed by atoms with E-state index in [1.165, 1.54) is 5.56 Å². The molecule has 0 atom stereocenters. The SMILES string of the molecule is Cc1ccc(-n2c(=O)c3ccccc3n3c(SCc4ccccc4Br)nnc23)cc1. The number of hydrogen-bond acceptors (Lipinski definition) is 4. The summed E-state index contributed by atoms with van der Waals surface area (Å²) < 4.78 is 4.67. The van der Waals surface area contributed by atoms with Gasteiger partial charge in [0.2, 0.25) is 5.78 Å². The van der Waals surface area contributed by atoms with E-state index in [2.05, 4.69) is 32.2 Å². The van der Waals surface area contributed by atoms with Crippen molar-refractivity contribution in [3.63, 3.8) is 0 Å². The number of rotatable bonds is 4. The molecule has 0 aliphatic heterocycles. The third-order valence-corrected chi connectivity index (χ3v) is 6.75. The normalized spacial score (nSPS) is 11.4. The van der Waals surface area contributed by atoms with E-state index in [0.717, 1.165) is 32.1 Å². The predicted octanol–water partition coefficient (Wildman–Crippen LogP) is 5.40. The molecule has 0 amide bonds. The van der Waals surface area contributed by atoms with Crippen LogP contribution >= 0.6 is 27.7 Å². The van der Waals surface area contributed by atoms with Gasteiger partial charge in [-0.15, -0.1) is 10.2 Å². The molecule has 0 bridgehead atoms. The Labute approximate surface area is 185 Å². The first-order valence-corrected chi connectivity index (χ1v) is 11.2. The van der Waals surface area contributed by atoms with Crippen molar-refractivity contribution in [2.75, 3.05) is 0 Å². The van der Waals surface area contributed by atoms with E-state index in [-0.39, 0.29) is 5.56 Å². The van der Waals surface area contributed by atoms with Crippen molar-refractivity contribution in [3.8, 4) is 5.69 Å². The maximum atomic E-state index is 13.3. The summed E-state index contributed by atoms with van der Waals surface area (Å²) >= 11 is 5.20. The largest absolute Gasteiger partial charge is 0.268 e. The number of nitrogens with zero attached hydrogens (tertiary/aromatic N) is 4. The molecular formula is C23H17BrN4OS. The fraction of sp³-hybridized carbons (Fsp3) is 0.0870. The number of halogens is 1. The van der Waals surface area contributed by atoms with Gasteiger partial charge < -0.3 is 0 Å². The van der Waals surface area contributed by atoms with Gasteiger partial charge in [0.25, 0.3) is 5.56 Å². The number of hydrogen-bond donors (Lipinski definition) is 0. The first-order chi connectivity index (χ1) is 14.6. The van der Waals surface area contributed by atoms with E-state index in [0.29, 0.717) is 11.2 Å². The van der Waals surface area contributed by atoms with Crippen molar-refractivity contribution in [1.82, 2.24) is 19.2 Å². The second kappa shape index (κ2) is 7.74. The van der Waals surface area contributed by atoms with Gasteiger partial charge in [0.1, 0.15) is 0 Å². The summed E-state index contributed by atoms with van der Waals surface area (Å²) in [5.74, 6) is 1.25. The summed E-state index contributed by atoms with van der Waals surface area (Å²) in [5, 5.41) is 10.2. The van der Waals surface area contributed by atoms with Gasteiger partial charge in [0.15, 0.2) is 5.16 Å². The molecule has 0 spiro atoms. The number of aromatic nitrogens is 4. The average Bonchev–Trinajstić information content (AvgIpc) is 3.18. The van der Waals surface area contributed by atoms with E-state index >= 15 is 0 Å². The number of thioether (sulfide) groups is 1. The fourth-order valence-corrected chi connectivity index (χ4v) is 5.01. The van der Waals surface area contributed by atoms with Gasteiger partial charge >= 0.3 is 0 Å². The highest BCUT2D eigenvalue weighted by Gasteiger charge is 2.18. The first-order valence-electron chi connectivity index (χ1n) is 9.45. The molecule has 2 heterocycles. The van der Waals surface area contributed by atoms with Crippen LogP contribution in [0.3, 0.4) is 0 Å². The van der Waals surface area contributed by atoms with E-state index < -0.39 is 0 Å². The highest BCUT2D eigenvalue weighted by molar-refractivity contribution is 9.10. The summed E-state index contributed by atoms with van der Waals surface area (Å²) in [6.45, 7) is 2.02. The molecule has 0 saturated heterocycles. The highest BCUT2D eigenvalue weighted by Crippen LogP contribution is 2.28. The van der Waals surface area contributed by atoms with Gasteiger partial charge in [-0.1, -0.05) is 75.7 Å². The molecule has 0 fully saturated rings. The standard InChI is InChI=1S/C23H17BrN4OS/c1-15-10-12-17(13-11-15)27-21(29)18-7-3-5-9-20(18)28-22(27)25-26-23(28)30-14-16-6-2-4-8-19(16)24/h2-13H,14H2,1H3. The number of para-hydroxylation sites is 1. The molecule has 148 valence electrons. The highest BCUT2D eigenvalue weighted by atomic mass is 79.9. The minimum atomic E-state index is -0.100. The second-order valence-electron chi connectivity index (χ2n) is 6.99. The van der Waals surface area contributed by atoms with Gasteiger partial charge in [-0.2, -0.15) is 0 Å². The molecule has 5 nitrogen and oxygen atoms in total. The topological polar surface area (TPSA) is 52.2 Å². The smallest absolute Gasteiger partial charge is 0.267 e. The lowest BCUT2D eigenvalue weighted by atomic mass is 10.2. The fourth-order valence-electron chi connectivity index (χ4n) is 3.46. The van der Waals surface area contributed by atoms with Crippen molar-refractivity contribution in [2.45, 2.75) is 17.8 Å². The first kappa shape index (κ1) is 19.1. The minimum absolute atomic E-state index is 0.100. The van der Waals surface area contributed by atoms with Crippen LogP contribution < -0.4 is 5.56 Å². The monoisotopic (exact) mass is 476 g/mol. The van der Waals surface area contributed by atoms with Crippen LogP contribution in [0.4, 0.5) is 0 Å². The number of benzene rings is 3. The Kier molecular flexibility index (Phi) is 4.92. The summed E-state index contributed by atoms with van der Waals surface area (Å²) in [5.41, 5.74) is 3.79. The zero-order valence-corrected chi connectivity index (χ0v) is 18.5. The van der Waals surface area contributed by atoms with Crippen LogP contribution in [0.15, 0.2) is 87.2 Å². The molecule has 0 saturated carbocycles. The maximum absolute atomic E-state index is 13.3. The van der Waals surface area contributed by atoms with Crippen LogP contribution in [0.2, 0.25) is 0 Å². The summed E-state index contributed by atoms with van der Waals surface area (Å²) in [6, 6.07) is 23.6. The molecule has 0 radical (unpaired) electrons. The van der Waals surface area contributed by atoms with E-state index in [1.807, 2.05) is 78.1 Å². The van der Waals surface area contributed by atoms with Crippen LogP contribution in [0.25, 0.3) is 22.4 Å². The Morgan fingerprint density at radius 1 is 0.933 bits per heavy atom. The Morgan fingerprint density at radius 2 is 1.67 bits per heavy atom. The van der Waals surface area contributed by atoms with Crippen LogP contribution in [0, 0.1) is 6.92 Å². The second-order valence-corrected chi connectivity index (χ2v) is 8.79. The van der Waals surface area contributed by atoms with Gasteiger partial charge in [0.05, 0.1) is 16.6 Å². The Morgan fingerprint density at radius 3 is 2.47 bits per heavy atom. The molecule has 0 N–H and O–H groups in total. The third-order valence-electron chi connectivity index (χ3n) is 5.00. The van der Waals surface area contributed by atoms with E-state index in [1.54, 1.807) is 16.3 Å². The molecule has 30 heavy (non-hydrogen) atoms. The lowest BCUT2D eigenvalue weighted by Gasteiger charge is -2.11. The predicted molar refractivity (Wildman–Crippen MR) is 125 cm³/mol. The molecule has 0 aliphatic carbocycles. The Bertz CT molecular complexity index is 1440. The molecule has 5 rings (SSSR count). The zero-order chi connectivity index (χ0) is 20.7. The molecule has 2 aromatic heterocycles. The van der Waals surface area contributed by atoms with Crippen LogP contribution in [0.5, 0.6) is 0 Å². The van der Waals surface area contributed by atoms with Crippen molar-refractivity contribution in [2.24, 2.45) is 0 Å². The van der Waals surface area contributed by atoms with Crippen molar-refractivity contribution < 1.29 is 0 Å². The van der Waals surface area contributed by atoms with Crippen molar-refractivity contribution in [1.29, 1.82) is 0 Å². The molecule has 3 aromatic carbocycles. The quantitative estimate of drug-likeness (QED) is 0.326. The van der Waals surface area contributed by atoms with Crippen molar-refractivity contribution in [3.05, 3.63) is 98.7 Å².